The zero-order chi connectivity index (χ0) is 21.5. The van der Waals surface area contributed by atoms with Crippen molar-refractivity contribution in [2.24, 2.45) is 5.92 Å². The second-order valence-electron chi connectivity index (χ2n) is 7.21. The van der Waals surface area contributed by atoms with Gasteiger partial charge in [-0.1, -0.05) is 40.6 Å². The van der Waals surface area contributed by atoms with Crippen LogP contribution in [0.5, 0.6) is 0 Å². The van der Waals surface area contributed by atoms with E-state index in [0.29, 0.717) is 34.6 Å². The molecule has 30 heavy (non-hydrogen) atoms. The summed E-state index contributed by atoms with van der Waals surface area (Å²) in [6, 6.07) is 9.75. The number of sulfonamides is 1. The number of nitrogens with one attached hydrogen (secondary N) is 1. The topological polar surface area (TPSA) is 79.4 Å². The number of aryl methyl sites for hydroxylation is 1. The normalized spacial score (nSPS) is 17.9. The number of carbonyl (C=O) groups excluding carboxylic acids is 1. The van der Waals surface area contributed by atoms with Crippen LogP contribution in [-0.4, -0.2) is 36.7 Å². The molecular formula is C20H19Cl2N3O3S2. The van der Waals surface area contributed by atoms with Crippen LogP contribution in [0.1, 0.15) is 18.4 Å². The Kier molecular flexibility index (Phi) is 6.05. The first-order valence-electron chi connectivity index (χ1n) is 9.38. The van der Waals surface area contributed by atoms with Crippen molar-refractivity contribution in [3.63, 3.8) is 0 Å². The first kappa shape index (κ1) is 21.5. The molecular weight excluding hydrogens is 465 g/mol. The quantitative estimate of drug-likeness (QED) is 0.568. The highest BCUT2D eigenvalue weighted by atomic mass is 35.5. The number of rotatable bonds is 4. The van der Waals surface area contributed by atoms with E-state index < -0.39 is 15.9 Å². The second kappa shape index (κ2) is 8.43. The number of carbonyl (C=O) groups is 1. The number of thiazole rings is 1. The van der Waals surface area contributed by atoms with E-state index in [-0.39, 0.29) is 17.3 Å². The van der Waals surface area contributed by atoms with E-state index in [0.717, 1.165) is 15.8 Å². The maximum Gasteiger partial charge on any atom is 0.243 e. The van der Waals surface area contributed by atoms with E-state index in [1.54, 1.807) is 12.1 Å². The average molecular weight is 484 g/mol. The summed E-state index contributed by atoms with van der Waals surface area (Å²) in [4.78, 5) is 17.5. The second-order valence-corrected chi connectivity index (χ2v) is 11.0. The number of piperidine rings is 1. The molecule has 10 heteroatoms. The van der Waals surface area contributed by atoms with E-state index in [1.165, 1.54) is 27.8 Å². The van der Waals surface area contributed by atoms with Crippen LogP contribution in [0.15, 0.2) is 41.3 Å². The fourth-order valence-electron chi connectivity index (χ4n) is 3.49. The Bertz CT molecular complexity index is 1170. The third kappa shape index (κ3) is 4.20. The molecule has 158 valence electrons. The molecule has 1 saturated heterocycles. The number of aromatic nitrogens is 1. The van der Waals surface area contributed by atoms with Crippen molar-refractivity contribution in [1.82, 2.24) is 9.29 Å². The van der Waals surface area contributed by atoms with E-state index >= 15 is 0 Å². The van der Waals surface area contributed by atoms with Crippen LogP contribution in [-0.2, 0) is 14.8 Å². The molecule has 0 spiro atoms. The van der Waals surface area contributed by atoms with Gasteiger partial charge >= 0.3 is 0 Å². The van der Waals surface area contributed by atoms with E-state index in [4.69, 9.17) is 23.2 Å². The van der Waals surface area contributed by atoms with Gasteiger partial charge in [0.25, 0.3) is 0 Å². The summed E-state index contributed by atoms with van der Waals surface area (Å²) in [6.45, 7) is 2.44. The Hall–Kier alpha value is -1.71. The van der Waals surface area contributed by atoms with Crippen molar-refractivity contribution in [3.8, 4) is 0 Å². The van der Waals surface area contributed by atoms with E-state index in [2.05, 4.69) is 10.3 Å². The van der Waals surface area contributed by atoms with Crippen molar-refractivity contribution in [2.45, 2.75) is 24.7 Å². The Labute approximate surface area is 188 Å². The van der Waals surface area contributed by atoms with Crippen LogP contribution in [0.25, 0.3) is 10.2 Å². The number of nitrogens with zero attached hydrogens (tertiary/aromatic N) is 2. The van der Waals surface area contributed by atoms with Crippen LogP contribution in [0.3, 0.4) is 0 Å². The van der Waals surface area contributed by atoms with Crippen molar-refractivity contribution < 1.29 is 13.2 Å². The molecule has 2 heterocycles. The number of hydrogen-bond donors (Lipinski definition) is 1. The first-order chi connectivity index (χ1) is 14.3. The van der Waals surface area contributed by atoms with Gasteiger partial charge in [0.2, 0.25) is 15.9 Å². The summed E-state index contributed by atoms with van der Waals surface area (Å²) in [5.74, 6) is -0.691. The average Bonchev–Trinajstić information content (AvgIpc) is 3.16. The van der Waals surface area contributed by atoms with Gasteiger partial charge in [-0.25, -0.2) is 13.4 Å². The van der Waals surface area contributed by atoms with Gasteiger partial charge in [-0.15, -0.1) is 0 Å². The van der Waals surface area contributed by atoms with Gasteiger partial charge in [-0.2, -0.15) is 4.31 Å². The summed E-state index contributed by atoms with van der Waals surface area (Å²) >= 11 is 13.4. The van der Waals surface area contributed by atoms with Crippen LogP contribution in [0.4, 0.5) is 5.13 Å². The first-order valence-corrected chi connectivity index (χ1v) is 12.4. The van der Waals surface area contributed by atoms with Gasteiger partial charge in [0.15, 0.2) is 5.13 Å². The summed E-state index contributed by atoms with van der Waals surface area (Å²) < 4.78 is 28.1. The van der Waals surface area contributed by atoms with Gasteiger partial charge in [0, 0.05) is 18.1 Å². The number of halogens is 2. The molecule has 3 aromatic rings. The molecule has 0 saturated carbocycles. The number of amides is 1. The molecule has 1 aromatic heterocycles. The molecule has 2 aromatic carbocycles. The number of anilines is 1. The molecule has 0 bridgehead atoms. The fraction of sp³-hybridized carbons (Fsp3) is 0.300. The zero-order valence-corrected chi connectivity index (χ0v) is 19.2. The number of hydrogen-bond acceptors (Lipinski definition) is 5. The minimum absolute atomic E-state index is 0.126. The Morgan fingerprint density at radius 2 is 1.93 bits per heavy atom. The van der Waals surface area contributed by atoms with Gasteiger partial charge in [-0.3, -0.25) is 4.79 Å². The summed E-state index contributed by atoms with van der Waals surface area (Å²) in [6.07, 6.45) is 1.22. The van der Waals surface area contributed by atoms with E-state index in [1.807, 2.05) is 19.1 Å². The lowest BCUT2D eigenvalue weighted by molar-refractivity contribution is -0.120. The number of benzene rings is 2. The Balaban J connectivity index is 1.50. The fourth-order valence-corrected chi connectivity index (χ4v) is 6.36. The molecule has 6 nitrogen and oxygen atoms in total. The van der Waals surface area contributed by atoms with Gasteiger partial charge in [-0.05, 0) is 55.7 Å². The van der Waals surface area contributed by atoms with Gasteiger partial charge in [0.1, 0.15) is 0 Å². The summed E-state index contributed by atoms with van der Waals surface area (Å²) in [5, 5.41) is 4.37. The van der Waals surface area contributed by atoms with Crippen LogP contribution in [0.2, 0.25) is 10.0 Å². The maximum atomic E-state index is 12.9. The minimum atomic E-state index is -3.69. The molecule has 1 unspecified atom stereocenters. The highest BCUT2D eigenvalue weighted by molar-refractivity contribution is 7.89. The van der Waals surface area contributed by atoms with Crippen LogP contribution >= 0.6 is 34.5 Å². The highest BCUT2D eigenvalue weighted by Gasteiger charge is 2.33. The van der Waals surface area contributed by atoms with Crippen molar-refractivity contribution in [2.75, 3.05) is 18.4 Å². The SMILES string of the molecule is Cc1ccc(Cl)c2sc(NC(=O)C3CCCN(S(=O)(=O)c4ccc(Cl)cc4)C3)nc12. The zero-order valence-electron chi connectivity index (χ0n) is 16.1. The van der Waals surface area contributed by atoms with Gasteiger partial charge in [0.05, 0.1) is 26.1 Å². The molecule has 1 fully saturated rings. The molecule has 1 amide bonds. The predicted octanol–water partition coefficient (Wildman–Crippen LogP) is 4.95. The standard InChI is InChI=1S/C20H19Cl2N3O3S2/c1-12-4-9-16(22)18-17(12)23-20(29-18)24-19(26)13-3-2-10-25(11-13)30(27,28)15-7-5-14(21)6-8-15/h4-9,13H,2-3,10-11H2,1H3,(H,23,24,26). The van der Waals surface area contributed by atoms with Crippen molar-refractivity contribution in [3.05, 3.63) is 52.0 Å². The predicted molar refractivity (Wildman–Crippen MR) is 121 cm³/mol. The summed E-state index contributed by atoms with van der Waals surface area (Å²) in [5.41, 5.74) is 1.74. The summed E-state index contributed by atoms with van der Waals surface area (Å²) in [7, 11) is -3.69. The Morgan fingerprint density at radius 1 is 1.20 bits per heavy atom. The third-order valence-electron chi connectivity index (χ3n) is 5.13. The molecule has 1 atom stereocenters. The molecule has 1 aliphatic rings. The maximum absolute atomic E-state index is 12.9. The molecule has 1 N–H and O–H groups in total. The largest absolute Gasteiger partial charge is 0.302 e. The molecule has 0 aliphatic carbocycles. The Morgan fingerprint density at radius 3 is 2.63 bits per heavy atom. The third-order valence-corrected chi connectivity index (χ3v) is 8.70. The smallest absolute Gasteiger partial charge is 0.243 e. The molecule has 4 rings (SSSR count). The lowest BCUT2D eigenvalue weighted by Crippen LogP contribution is -2.43. The van der Waals surface area contributed by atoms with Crippen LogP contribution in [0, 0.1) is 12.8 Å². The van der Waals surface area contributed by atoms with Crippen molar-refractivity contribution >= 4 is 65.8 Å². The van der Waals surface area contributed by atoms with Gasteiger partial charge < -0.3 is 5.32 Å². The highest BCUT2D eigenvalue weighted by Crippen LogP contribution is 2.34. The van der Waals surface area contributed by atoms with Crippen LogP contribution < -0.4 is 5.32 Å². The van der Waals surface area contributed by atoms with E-state index in [9.17, 15) is 13.2 Å². The number of fused-ring (bicyclic) bond motifs is 1. The minimum Gasteiger partial charge on any atom is -0.302 e. The van der Waals surface area contributed by atoms with Crippen molar-refractivity contribution in [1.29, 1.82) is 0 Å². The lowest BCUT2D eigenvalue weighted by Gasteiger charge is -2.31. The molecule has 1 aliphatic heterocycles. The monoisotopic (exact) mass is 483 g/mol. The lowest BCUT2D eigenvalue weighted by atomic mass is 9.99. The molecule has 0 radical (unpaired) electrons.